The second-order valence-electron chi connectivity index (χ2n) is 6.77. The molecule has 5 nitrogen and oxygen atoms in total. The van der Waals surface area contributed by atoms with Crippen molar-refractivity contribution in [1.29, 1.82) is 0 Å². The van der Waals surface area contributed by atoms with E-state index in [0.717, 1.165) is 5.56 Å². The molecule has 0 fully saturated rings. The number of methoxy groups -OCH3 is 1. The zero-order valence-corrected chi connectivity index (χ0v) is 16.1. The van der Waals surface area contributed by atoms with Gasteiger partial charge in [0.2, 0.25) is 0 Å². The highest BCUT2D eigenvalue weighted by Gasteiger charge is 2.12. The molecule has 1 amide bonds. The van der Waals surface area contributed by atoms with Gasteiger partial charge in [0.25, 0.3) is 5.91 Å². The first-order valence-corrected chi connectivity index (χ1v) is 8.56. The summed E-state index contributed by atoms with van der Waals surface area (Å²) in [6, 6.07) is 13.0. The van der Waals surface area contributed by atoms with E-state index < -0.39 is 0 Å². The lowest BCUT2D eigenvalue weighted by atomic mass is 9.87. The lowest BCUT2D eigenvalue weighted by molar-refractivity contribution is -0.120. The van der Waals surface area contributed by atoms with E-state index in [1.165, 1.54) is 12.7 Å². The van der Waals surface area contributed by atoms with Crippen molar-refractivity contribution in [2.45, 2.75) is 26.2 Å². The molecule has 2 rings (SSSR count). The summed E-state index contributed by atoms with van der Waals surface area (Å²) in [5.74, 6) is 0.163. The average molecular weight is 375 g/mol. The van der Waals surface area contributed by atoms with Crippen LogP contribution in [0.5, 0.6) is 5.75 Å². The number of halogens is 1. The lowest BCUT2D eigenvalue weighted by Crippen LogP contribution is -2.17. The minimum atomic E-state index is -0.356. The zero-order valence-electron chi connectivity index (χ0n) is 15.4. The Balaban J connectivity index is 1.86. The standard InChI is InChI=1S/C20H23ClN2O3/c1-20(2,3)15-7-5-14(6-8-15)12-22-26-13-19(24)23-17-11-16(21)9-10-18(17)25-4/h5-12H,13H2,1-4H3,(H,23,24)/b22-12+. The van der Waals surface area contributed by atoms with E-state index in [9.17, 15) is 4.79 Å². The summed E-state index contributed by atoms with van der Waals surface area (Å²) >= 11 is 5.93. The number of carbonyl (C=O) groups is 1. The molecule has 0 bridgehead atoms. The molecule has 0 radical (unpaired) electrons. The molecule has 6 heteroatoms. The molecule has 0 aliphatic carbocycles. The molecule has 0 saturated heterocycles. The fourth-order valence-electron chi connectivity index (χ4n) is 2.23. The maximum absolute atomic E-state index is 11.9. The smallest absolute Gasteiger partial charge is 0.265 e. The van der Waals surface area contributed by atoms with Gasteiger partial charge in [-0.2, -0.15) is 0 Å². The highest BCUT2D eigenvalue weighted by atomic mass is 35.5. The van der Waals surface area contributed by atoms with Gasteiger partial charge in [-0.1, -0.05) is 61.8 Å². The third-order valence-corrected chi connectivity index (χ3v) is 3.92. The van der Waals surface area contributed by atoms with Crippen LogP contribution in [0.2, 0.25) is 5.02 Å². The van der Waals surface area contributed by atoms with Gasteiger partial charge in [0, 0.05) is 5.02 Å². The van der Waals surface area contributed by atoms with E-state index >= 15 is 0 Å². The summed E-state index contributed by atoms with van der Waals surface area (Å²) in [6.45, 7) is 6.26. The molecule has 0 aromatic heterocycles. The Morgan fingerprint density at radius 2 is 1.88 bits per heavy atom. The van der Waals surface area contributed by atoms with Crippen molar-refractivity contribution in [1.82, 2.24) is 0 Å². The molecule has 26 heavy (non-hydrogen) atoms. The van der Waals surface area contributed by atoms with Gasteiger partial charge < -0.3 is 14.9 Å². The van der Waals surface area contributed by atoms with Crippen LogP contribution in [-0.2, 0) is 15.0 Å². The molecular formula is C20H23ClN2O3. The molecule has 1 N–H and O–H groups in total. The van der Waals surface area contributed by atoms with E-state index in [2.05, 4.69) is 43.4 Å². The topological polar surface area (TPSA) is 59.9 Å². The van der Waals surface area contributed by atoms with Crippen LogP contribution >= 0.6 is 11.6 Å². The van der Waals surface area contributed by atoms with E-state index in [1.807, 2.05) is 12.1 Å². The lowest BCUT2D eigenvalue weighted by Gasteiger charge is -2.18. The number of oxime groups is 1. The minimum Gasteiger partial charge on any atom is -0.495 e. The Labute approximate surface area is 158 Å². The third-order valence-electron chi connectivity index (χ3n) is 3.68. The second kappa shape index (κ2) is 8.72. The first-order chi connectivity index (χ1) is 12.3. The van der Waals surface area contributed by atoms with Gasteiger partial charge in [0.05, 0.1) is 19.0 Å². The second-order valence-corrected chi connectivity index (χ2v) is 7.21. The van der Waals surface area contributed by atoms with Gasteiger partial charge in [-0.15, -0.1) is 0 Å². The van der Waals surface area contributed by atoms with Crippen molar-refractivity contribution >= 4 is 29.4 Å². The van der Waals surface area contributed by atoms with Crippen LogP contribution < -0.4 is 10.1 Å². The highest BCUT2D eigenvalue weighted by molar-refractivity contribution is 6.31. The van der Waals surface area contributed by atoms with Gasteiger partial charge in [-0.25, -0.2) is 0 Å². The van der Waals surface area contributed by atoms with Crippen LogP contribution in [0, 0.1) is 0 Å². The molecule has 0 aliphatic rings. The summed E-state index contributed by atoms with van der Waals surface area (Å²) in [4.78, 5) is 17.0. The van der Waals surface area contributed by atoms with Crippen molar-refractivity contribution in [3.8, 4) is 5.75 Å². The van der Waals surface area contributed by atoms with Gasteiger partial charge in [0.15, 0.2) is 6.61 Å². The number of hydrogen-bond acceptors (Lipinski definition) is 4. The van der Waals surface area contributed by atoms with Gasteiger partial charge in [0.1, 0.15) is 5.75 Å². The first kappa shape index (κ1) is 19.8. The van der Waals surface area contributed by atoms with E-state index in [0.29, 0.717) is 16.5 Å². The van der Waals surface area contributed by atoms with Crippen LogP contribution in [0.25, 0.3) is 0 Å². The highest BCUT2D eigenvalue weighted by Crippen LogP contribution is 2.27. The SMILES string of the molecule is COc1ccc(Cl)cc1NC(=O)CO/N=C/c1ccc(C(C)(C)C)cc1. The summed E-state index contributed by atoms with van der Waals surface area (Å²) in [6.07, 6.45) is 1.57. The number of ether oxygens (including phenoxy) is 1. The molecule has 138 valence electrons. The Morgan fingerprint density at radius 1 is 1.19 bits per heavy atom. The summed E-state index contributed by atoms with van der Waals surface area (Å²) in [5, 5.41) is 7.01. The number of nitrogens with zero attached hydrogens (tertiary/aromatic N) is 1. The summed E-state index contributed by atoms with van der Waals surface area (Å²) in [7, 11) is 1.52. The molecule has 2 aromatic carbocycles. The number of nitrogens with one attached hydrogen (secondary N) is 1. The van der Waals surface area contributed by atoms with Crippen molar-refractivity contribution < 1.29 is 14.4 Å². The maximum Gasteiger partial charge on any atom is 0.265 e. The van der Waals surface area contributed by atoms with Crippen molar-refractivity contribution in [3.63, 3.8) is 0 Å². The van der Waals surface area contributed by atoms with Crippen LogP contribution in [0.4, 0.5) is 5.69 Å². The molecule has 0 heterocycles. The third kappa shape index (κ3) is 5.77. The predicted octanol–water partition coefficient (Wildman–Crippen LogP) is 4.64. The minimum absolute atomic E-state index is 0.103. The molecule has 0 saturated carbocycles. The average Bonchev–Trinajstić information content (AvgIpc) is 2.58. The van der Waals surface area contributed by atoms with Crippen LogP contribution in [0.15, 0.2) is 47.6 Å². The van der Waals surface area contributed by atoms with Crippen molar-refractivity contribution in [3.05, 3.63) is 58.6 Å². The quantitative estimate of drug-likeness (QED) is 0.592. The van der Waals surface area contributed by atoms with Gasteiger partial charge in [-0.05, 0) is 34.7 Å². The van der Waals surface area contributed by atoms with Crippen molar-refractivity contribution in [2.24, 2.45) is 5.16 Å². The maximum atomic E-state index is 11.9. The molecule has 0 atom stereocenters. The van der Waals surface area contributed by atoms with E-state index in [-0.39, 0.29) is 17.9 Å². The number of anilines is 1. The van der Waals surface area contributed by atoms with Crippen LogP contribution in [-0.4, -0.2) is 25.8 Å². The number of rotatable bonds is 6. The molecule has 0 aliphatic heterocycles. The molecular weight excluding hydrogens is 352 g/mol. The normalized spacial score (nSPS) is 11.4. The van der Waals surface area contributed by atoms with Gasteiger partial charge >= 0.3 is 0 Å². The molecule has 0 unspecified atom stereocenters. The van der Waals surface area contributed by atoms with E-state index in [4.69, 9.17) is 21.2 Å². The van der Waals surface area contributed by atoms with Crippen LogP contribution in [0.3, 0.4) is 0 Å². The number of carbonyl (C=O) groups excluding carboxylic acids is 1. The Morgan fingerprint density at radius 3 is 2.50 bits per heavy atom. The largest absolute Gasteiger partial charge is 0.495 e. The Kier molecular flexibility index (Phi) is 6.64. The van der Waals surface area contributed by atoms with Crippen LogP contribution in [0.1, 0.15) is 31.9 Å². The number of benzene rings is 2. The fourth-order valence-corrected chi connectivity index (χ4v) is 2.40. The van der Waals surface area contributed by atoms with Gasteiger partial charge in [-0.3, -0.25) is 4.79 Å². The summed E-state index contributed by atoms with van der Waals surface area (Å²) < 4.78 is 5.17. The predicted molar refractivity (Wildman–Crippen MR) is 105 cm³/mol. The molecule has 2 aromatic rings. The Hall–Kier alpha value is -2.53. The van der Waals surface area contributed by atoms with Crippen molar-refractivity contribution in [2.75, 3.05) is 19.0 Å². The summed E-state index contributed by atoms with van der Waals surface area (Å²) in [5.41, 5.74) is 2.72. The monoisotopic (exact) mass is 374 g/mol. The molecule has 0 spiro atoms. The van der Waals surface area contributed by atoms with E-state index in [1.54, 1.807) is 24.4 Å². The number of hydrogen-bond donors (Lipinski definition) is 1. The first-order valence-electron chi connectivity index (χ1n) is 8.19. The number of amides is 1. The Bertz CT molecular complexity index is 781. The fraction of sp³-hybridized carbons (Fsp3) is 0.300. The zero-order chi connectivity index (χ0) is 19.2.